The lowest BCUT2D eigenvalue weighted by atomic mass is 10.1. The van der Waals surface area contributed by atoms with E-state index in [0.29, 0.717) is 20.8 Å². The van der Waals surface area contributed by atoms with Gasteiger partial charge in [-0.2, -0.15) is 20.1 Å². The summed E-state index contributed by atoms with van der Waals surface area (Å²) < 4.78 is 0.566. The number of benzene rings is 3. The van der Waals surface area contributed by atoms with E-state index < -0.39 is 9.85 Å². The molecule has 3 aromatic carbocycles. The Bertz CT molecular complexity index is 1830. The number of nitro benzene ring substituents is 2. The molecule has 0 fully saturated rings. The first kappa shape index (κ1) is 30.3. The highest BCUT2D eigenvalue weighted by Crippen LogP contribution is 2.33. The van der Waals surface area contributed by atoms with Crippen molar-refractivity contribution < 1.29 is 9.85 Å². The topological polar surface area (TPSA) is 202 Å². The van der Waals surface area contributed by atoms with Crippen LogP contribution in [-0.2, 0) is 0 Å². The van der Waals surface area contributed by atoms with Crippen molar-refractivity contribution in [2.45, 2.75) is 35.4 Å². The molecule has 1 aliphatic heterocycles. The Balaban J connectivity index is 1.21. The Morgan fingerprint density at radius 1 is 0.804 bits per heavy atom. The second kappa shape index (κ2) is 13.1. The van der Waals surface area contributed by atoms with E-state index in [1.807, 2.05) is 42.3 Å². The fraction of sp³-hybridized carbons (Fsp3) is 0.143. The van der Waals surface area contributed by atoms with Crippen molar-refractivity contribution in [1.82, 2.24) is 25.1 Å². The van der Waals surface area contributed by atoms with Crippen LogP contribution in [0.5, 0.6) is 0 Å². The Morgan fingerprint density at radius 3 is 1.91 bits per heavy atom. The van der Waals surface area contributed by atoms with Crippen LogP contribution in [0.25, 0.3) is 0 Å². The fourth-order valence-corrected chi connectivity index (χ4v) is 6.18. The summed E-state index contributed by atoms with van der Waals surface area (Å²) in [6, 6.07) is 21.5. The first-order valence-electron chi connectivity index (χ1n) is 13.7. The minimum Gasteiger partial charge on any atom is -0.350 e. The van der Waals surface area contributed by atoms with Crippen LogP contribution >= 0.6 is 23.1 Å². The van der Waals surface area contributed by atoms with Crippen LogP contribution in [0.3, 0.4) is 0 Å². The van der Waals surface area contributed by atoms with Crippen molar-refractivity contribution in [3.8, 4) is 0 Å². The number of rotatable bonds is 11. The first-order valence-corrected chi connectivity index (χ1v) is 15.3. The number of nitrogens with one attached hydrogen (secondary N) is 3. The standard InChI is InChI=1S/C28H24N12O4S2/c1-16-23(17(2)38(37-16)20-6-4-3-5-7-20)31-27-35-36-28(46-27)45-26-33-24(29-18-8-12-21(13-9-18)39(41)42)32-25(34-26)30-19-10-14-22(15-11-19)40(43)44/h3-15,17,23H,1-2H3,(H,31,35)(H2,29,30,32,33,34). The molecule has 0 saturated heterocycles. The van der Waals surface area contributed by atoms with Crippen molar-refractivity contribution in [2.24, 2.45) is 5.10 Å². The summed E-state index contributed by atoms with van der Waals surface area (Å²) in [5.41, 5.74) is 2.84. The molecule has 0 aliphatic carbocycles. The third-order valence-corrected chi connectivity index (χ3v) is 8.52. The fourth-order valence-electron chi connectivity index (χ4n) is 4.54. The Kier molecular flexibility index (Phi) is 8.61. The molecule has 0 bridgehead atoms. The second-order valence-electron chi connectivity index (χ2n) is 9.88. The number of hydrazone groups is 1. The van der Waals surface area contributed by atoms with Crippen molar-refractivity contribution in [2.75, 3.05) is 21.0 Å². The lowest BCUT2D eigenvalue weighted by Gasteiger charge is -2.24. The van der Waals surface area contributed by atoms with E-state index in [1.54, 1.807) is 0 Å². The number of nitrogens with zero attached hydrogens (tertiary/aromatic N) is 9. The molecule has 3 heterocycles. The molecule has 1 aliphatic rings. The van der Waals surface area contributed by atoms with Crippen LogP contribution < -0.4 is 21.0 Å². The number of anilines is 6. The van der Waals surface area contributed by atoms with Gasteiger partial charge in [0.15, 0.2) is 4.34 Å². The highest BCUT2D eigenvalue weighted by molar-refractivity contribution is 8.00. The van der Waals surface area contributed by atoms with Crippen molar-refractivity contribution in [3.63, 3.8) is 0 Å². The average molecular weight is 657 g/mol. The van der Waals surface area contributed by atoms with Crippen molar-refractivity contribution >= 4 is 74.3 Å². The Labute approximate surface area is 269 Å². The molecule has 2 unspecified atom stereocenters. The summed E-state index contributed by atoms with van der Waals surface area (Å²) >= 11 is 2.50. The third-order valence-electron chi connectivity index (χ3n) is 6.75. The van der Waals surface area contributed by atoms with E-state index in [9.17, 15) is 20.2 Å². The molecule has 5 aromatic rings. The summed E-state index contributed by atoms with van der Waals surface area (Å²) in [6.45, 7) is 4.06. The number of hydrogen-bond acceptors (Lipinski definition) is 16. The summed E-state index contributed by atoms with van der Waals surface area (Å²) in [5.74, 6) is 0.317. The maximum atomic E-state index is 11.1. The molecule has 18 heteroatoms. The molecule has 3 N–H and O–H groups in total. The largest absolute Gasteiger partial charge is 0.350 e. The lowest BCUT2D eigenvalue weighted by Crippen LogP contribution is -2.39. The van der Waals surface area contributed by atoms with Gasteiger partial charge in [-0.05, 0) is 62.0 Å². The van der Waals surface area contributed by atoms with Gasteiger partial charge in [-0.1, -0.05) is 29.5 Å². The number of nitro groups is 2. The minimum atomic E-state index is -0.486. The van der Waals surface area contributed by atoms with Gasteiger partial charge < -0.3 is 16.0 Å². The number of para-hydroxylation sites is 1. The van der Waals surface area contributed by atoms with Gasteiger partial charge in [-0.25, -0.2) is 0 Å². The van der Waals surface area contributed by atoms with Crippen LogP contribution in [0.2, 0.25) is 0 Å². The number of hydrogen-bond donors (Lipinski definition) is 3. The van der Waals surface area contributed by atoms with Gasteiger partial charge in [0.05, 0.1) is 33.3 Å². The SMILES string of the molecule is CC1=NN(c2ccccc2)C(C)C1Nc1nnc(Sc2nc(Nc3ccc([N+](=O)[O-])cc3)nc(Nc3ccc([N+](=O)[O-])cc3)n2)s1. The van der Waals surface area contributed by atoms with Gasteiger partial charge in [-0.15, -0.1) is 10.2 Å². The third kappa shape index (κ3) is 6.97. The quantitative estimate of drug-likeness (QED) is 0.106. The lowest BCUT2D eigenvalue weighted by molar-refractivity contribution is -0.385. The Morgan fingerprint density at radius 2 is 1.37 bits per heavy atom. The predicted octanol–water partition coefficient (Wildman–Crippen LogP) is 6.24. The summed E-state index contributed by atoms with van der Waals surface area (Å²) in [4.78, 5) is 34.5. The maximum Gasteiger partial charge on any atom is 0.269 e. The number of aromatic nitrogens is 5. The van der Waals surface area contributed by atoms with Crippen LogP contribution in [0, 0.1) is 20.2 Å². The van der Waals surface area contributed by atoms with Crippen molar-refractivity contribution in [1.29, 1.82) is 0 Å². The summed E-state index contributed by atoms with van der Waals surface area (Å²) in [7, 11) is 0. The van der Waals surface area contributed by atoms with Gasteiger partial charge in [0.1, 0.15) is 0 Å². The van der Waals surface area contributed by atoms with Crippen LogP contribution in [-0.4, -0.2) is 52.8 Å². The molecule has 0 spiro atoms. The van der Waals surface area contributed by atoms with Crippen LogP contribution in [0.15, 0.2) is 93.5 Å². The van der Waals surface area contributed by atoms with Gasteiger partial charge in [-0.3, -0.25) is 25.2 Å². The Hall–Kier alpha value is -5.75. The maximum absolute atomic E-state index is 11.1. The highest BCUT2D eigenvalue weighted by Gasteiger charge is 2.33. The molecule has 16 nitrogen and oxygen atoms in total. The van der Waals surface area contributed by atoms with Crippen LogP contribution in [0.1, 0.15) is 13.8 Å². The monoisotopic (exact) mass is 656 g/mol. The van der Waals surface area contributed by atoms with Gasteiger partial charge in [0.25, 0.3) is 11.4 Å². The molecule has 46 heavy (non-hydrogen) atoms. The molecular formula is C28H24N12O4S2. The molecule has 2 aromatic heterocycles. The highest BCUT2D eigenvalue weighted by atomic mass is 32.2. The van der Waals surface area contributed by atoms with Gasteiger partial charge in [0, 0.05) is 35.6 Å². The normalized spacial score (nSPS) is 15.7. The first-order chi connectivity index (χ1) is 22.2. The van der Waals surface area contributed by atoms with E-state index in [1.165, 1.54) is 71.6 Å². The molecular weight excluding hydrogens is 633 g/mol. The second-order valence-corrected chi connectivity index (χ2v) is 12.1. The average Bonchev–Trinajstić information content (AvgIpc) is 3.60. The smallest absolute Gasteiger partial charge is 0.269 e. The molecule has 2 atom stereocenters. The zero-order valence-corrected chi connectivity index (χ0v) is 25.8. The zero-order valence-electron chi connectivity index (χ0n) is 24.1. The molecule has 232 valence electrons. The molecule has 0 saturated carbocycles. The van der Waals surface area contributed by atoms with Gasteiger partial charge >= 0.3 is 0 Å². The van der Waals surface area contributed by atoms with E-state index in [4.69, 9.17) is 5.10 Å². The van der Waals surface area contributed by atoms with Gasteiger partial charge in [0.2, 0.25) is 22.2 Å². The molecule has 6 rings (SSSR count). The zero-order chi connectivity index (χ0) is 32.2. The van der Waals surface area contributed by atoms with Crippen molar-refractivity contribution in [3.05, 3.63) is 99.1 Å². The van der Waals surface area contributed by atoms with E-state index in [0.717, 1.165) is 11.4 Å². The summed E-state index contributed by atoms with van der Waals surface area (Å²) in [6.07, 6.45) is 0. The number of non-ortho nitro benzene ring substituents is 2. The summed E-state index contributed by atoms with van der Waals surface area (Å²) in [5, 5.41) is 47.9. The van der Waals surface area contributed by atoms with E-state index in [2.05, 4.69) is 48.0 Å². The minimum absolute atomic E-state index is 0.0343. The molecule has 0 amide bonds. The van der Waals surface area contributed by atoms with E-state index in [-0.39, 0.29) is 40.5 Å². The van der Waals surface area contributed by atoms with Crippen LogP contribution in [0.4, 0.5) is 45.5 Å². The molecule has 0 radical (unpaired) electrons. The van der Waals surface area contributed by atoms with E-state index >= 15 is 0 Å². The predicted molar refractivity (Wildman–Crippen MR) is 176 cm³/mol.